The van der Waals surface area contributed by atoms with Crippen LogP contribution in [0.2, 0.25) is 0 Å². The van der Waals surface area contributed by atoms with Crippen LogP contribution in [0.1, 0.15) is 36.2 Å². The predicted molar refractivity (Wildman–Crippen MR) is 67.2 cm³/mol. The Labute approximate surface area is 104 Å². The van der Waals surface area contributed by atoms with Gasteiger partial charge in [0.1, 0.15) is 17.6 Å². The SMILES string of the molecule is CC1(C)CCc2cc(C(Br)C=O)ccc2O1. The number of alkyl halides is 1. The number of carbonyl (C=O) groups is 1. The first-order valence-corrected chi connectivity index (χ1v) is 6.34. The van der Waals surface area contributed by atoms with E-state index in [1.165, 1.54) is 5.56 Å². The van der Waals surface area contributed by atoms with Gasteiger partial charge in [0, 0.05) is 0 Å². The van der Waals surface area contributed by atoms with Crippen molar-refractivity contribution in [1.82, 2.24) is 0 Å². The fourth-order valence-corrected chi connectivity index (χ4v) is 2.21. The van der Waals surface area contributed by atoms with Crippen molar-refractivity contribution in [2.75, 3.05) is 0 Å². The lowest BCUT2D eigenvalue weighted by atomic mass is 9.93. The van der Waals surface area contributed by atoms with Gasteiger partial charge < -0.3 is 9.53 Å². The van der Waals surface area contributed by atoms with Crippen molar-refractivity contribution in [2.24, 2.45) is 0 Å². The number of benzene rings is 1. The predicted octanol–water partition coefficient (Wildman–Crippen LogP) is 3.43. The second-order valence-corrected chi connectivity index (χ2v) is 5.75. The highest BCUT2D eigenvalue weighted by atomic mass is 79.9. The first-order chi connectivity index (χ1) is 7.52. The Kier molecular flexibility index (Phi) is 3.06. The Morgan fingerprint density at radius 2 is 2.25 bits per heavy atom. The Bertz CT molecular complexity index is 412. The molecule has 1 aromatic carbocycles. The first kappa shape index (κ1) is 11.6. The van der Waals surface area contributed by atoms with E-state index in [9.17, 15) is 4.79 Å². The molecule has 0 aliphatic carbocycles. The summed E-state index contributed by atoms with van der Waals surface area (Å²) in [6, 6.07) is 5.95. The van der Waals surface area contributed by atoms with Gasteiger partial charge in [-0.15, -0.1) is 0 Å². The van der Waals surface area contributed by atoms with Crippen molar-refractivity contribution in [1.29, 1.82) is 0 Å². The van der Waals surface area contributed by atoms with Crippen LogP contribution in [0.5, 0.6) is 5.75 Å². The fraction of sp³-hybridized carbons (Fsp3) is 0.462. The van der Waals surface area contributed by atoms with Gasteiger partial charge in [-0.1, -0.05) is 28.1 Å². The number of fused-ring (bicyclic) bond motifs is 1. The van der Waals surface area contributed by atoms with Crippen LogP contribution >= 0.6 is 15.9 Å². The number of rotatable bonds is 2. The number of carbonyl (C=O) groups excluding carboxylic acids is 1. The largest absolute Gasteiger partial charge is 0.488 e. The minimum absolute atomic E-state index is 0.0764. The maximum absolute atomic E-state index is 10.7. The molecule has 2 rings (SSSR count). The van der Waals surface area contributed by atoms with Gasteiger partial charge in [-0.05, 0) is 43.9 Å². The normalized spacial score (nSPS) is 19.4. The average Bonchev–Trinajstić information content (AvgIpc) is 2.26. The van der Waals surface area contributed by atoms with Crippen LogP contribution in [-0.4, -0.2) is 11.9 Å². The zero-order valence-electron chi connectivity index (χ0n) is 9.50. The maximum atomic E-state index is 10.7. The Balaban J connectivity index is 2.31. The smallest absolute Gasteiger partial charge is 0.138 e. The number of halogens is 1. The van der Waals surface area contributed by atoms with E-state index in [2.05, 4.69) is 35.8 Å². The van der Waals surface area contributed by atoms with E-state index in [-0.39, 0.29) is 10.4 Å². The van der Waals surface area contributed by atoms with E-state index in [0.29, 0.717) is 0 Å². The van der Waals surface area contributed by atoms with Gasteiger partial charge in [-0.3, -0.25) is 0 Å². The molecule has 1 atom stereocenters. The van der Waals surface area contributed by atoms with Crippen LogP contribution in [0, 0.1) is 0 Å². The molecule has 0 spiro atoms. The Hall–Kier alpha value is -0.830. The third kappa shape index (κ3) is 2.29. The molecule has 16 heavy (non-hydrogen) atoms. The lowest BCUT2D eigenvalue weighted by Crippen LogP contribution is -2.32. The molecule has 2 nitrogen and oxygen atoms in total. The topological polar surface area (TPSA) is 26.3 Å². The molecule has 0 N–H and O–H groups in total. The van der Waals surface area contributed by atoms with Gasteiger partial charge >= 0.3 is 0 Å². The van der Waals surface area contributed by atoms with Crippen LogP contribution < -0.4 is 4.74 Å². The van der Waals surface area contributed by atoms with Gasteiger partial charge in [0.25, 0.3) is 0 Å². The van der Waals surface area contributed by atoms with E-state index in [1.54, 1.807) is 0 Å². The summed E-state index contributed by atoms with van der Waals surface area (Å²) in [6.45, 7) is 4.20. The Morgan fingerprint density at radius 1 is 1.50 bits per heavy atom. The molecule has 0 saturated heterocycles. The van der Waals surface area contributed by atoms with Gasteiger partial charge in [-0.2, -0.15) is 0 Å². The molecule has 86 valence electrons. The summed E-state index contributed by atoms with van der Waals surface area (Å²) < 4.78 is 5.88. The quantitative estimate of drug-likeness (QED) is 0.614. The molecule has 1 aliphatic rings. The average molecular weight is 283 g/mol. The summed E-state index contributed by atoms with van der Waals surface area (Å²) in [7, 11) is 0. The highest BCUT2D eigenvalue weighted by Gasteiger charge is 2.26. The number of aldehydes is 1. The maximum Gasteiger partial charge on any atom is 0.138 e. The molecule has 3 heteroatoms. The van der Waals surface area contributed by atoms with E-state index >= 15 is 0 Å². The summed E-state index contributed by atoms with van der Waals surface area (Å²) >= 11 is 3.33. The highest BCUT2D eigenvalue weighted by Crippen LogP contribution is 2.35. The second kappa shape index (κ2) is 4.21. The second-order valence-electron chi connectivity index (χ2n) is 4.77. The third-order valence-corrected chi connectivity index (χ3v) is 3.65. The van der Waals surface area contributed by atoms with Crippen LogP contribution in [0.25, 0.3) is 0 Å². The number of hydrogen-bond donors (Lipinski definition) is 0. The molecule has 1 aromatic rings. The highest BCUT2D eigenvalue weighted by molar-refractivity contribution is 9.09. The molecule has 0 radical (unpaired) electrons. The third-order valence-electron chi connectivity index (χ3n) is 2.91. The van der Waals surface area contributed by atoms with E-state index < -0.39 is 0 Å². The molecule has 0 amide bonds. The van der Waals surface area contributed by atoms with Crippen molar-refractivity contribution in [3.05, 3.63) is 29.3 Å². The summed E-state index contributed by atoms with van der Waals surface area (Å²) in [5, 5.41) is 0. The lowest BCUT2D eigenvalue weighted by Gasteiger charge is -2.32. The minimum atomic E-state index is -0.215. The molecule has 0 bridgehead atoms. The fourth-order valence-electron chi connectivity index (χ4n) is 1.93. The van der Waals surface area contributed by atoms with Gasteiger partial charge in [0.2, 0.25) is 0 Å². The summed E-state index contributed by atoms with van der Waals surface area (Å²) in [5.74, 6) is 0.950. The summed E-state index contributed by atoms with van der Waals surface area (Å²) in [6.07, 6.45) is 2.92. The van der Waals surface area contributed by atoms with Crippen molar-refractivity contribution in [3.8, 4) is 5.75 Å². The van der Waals surface area contributed by atoms with Crippen molar-refractivity contribution in [2.45, 2.75) is 37.1 Å². The number of ether oxygens (including phenoxy) is 1. The van der Waals surface area contributed by atoms with Crippen LogP contribution in [0.15, 0.2) is 18.2 Å². The molecule has 1 heterocycles. The molecule has 0 saturated carbocycles. The van der Waals surface area contributed by atoms with Crippen LogP contribution in [-0.2, 0) is 11.2 Å². The van der Waals surface area contributed by atoms with Gasteiger partial charge in [0.05, 0.1) is 4.83 Å². The molecule has 1 unspecified atom stereocenters. The Morgan fingerprint density at radius 3 is 2.94 bits per heavy atom. The molecule has 0 fully saturated rings. The van der Waals surface area contributed by atoms with Gasteiger partial charge in [-0.25, -0.2) is 0 Å². The van der Waals surface area contributed by atoms with Crippen molar-refractivity contribution in [3.63, 3.8) is 0 Å². The van der Waals surface area contributed by atoms with Crippen molar-refractivity contribution >= 4 is 22.2 Å². The molecule has 1 aliphatic heterocycles. The molecular formula is C13H15BrO2. The molecular weight excluding hydrogens is 268 g/mol. The zero-order chi connectivity index (χ0) is 11.8. The first-order valence-electron chi connectivity index (χ1n) is 5.43. The molecule has 0 aromatic heterocycles. The minimum Gasteiger partial charge on any atom is -0.488 e. The van der Waals surface area contributed by atoms with E-state index in [4.69, 9.17) is 4.74 Å². The lowest BCUT2D eigenvalue weighted by molar-refractivity contribution is -0.107. The zero-order valence-corrected chi connectivity index (χ0v) is 11.1. The summed E-state index contributed by atoms with van der Waals surface area (Å²) in [4.78, 5) is 10.5. The van der Waals surface area contributed by atoms with Crippen LogP contribution in [0.4, 0.5) is 0 Å². The number of aryl methyl sites for hydroxylation is 1. The summed E-state index contributed by atoms with van der Waals surface area (Å²) in [5.41, 5.74) is 2.12. The van der Waals surface area contributed by atoms with Crippen LogP contribution in [0.3, 0.4) is 0 Å². The van der Waals surface area contributed by atoms with E-state index in [0.717, 1.165) is 30.4 Å². The number of hydrogen-bond acceptors (Lipinski definition) is 2. The van der Waals surface area contributed by atoms with E-state index in [1.807, 2.05) is 12.1 Å². The standard InChI is InChI=1S/C13H15BrO2/c1-13(2)6-5-10-7-9(11(14)8-15)3-4-12(10)16-13/h3-4,7-8,11H,5-6H2,1-2H3. The van der Waals surface area contributed by atoms with Crippen molar-refractivity contribution < 1.29 is 9.53 Å². The van der Waals surface area contributed by atoms with Gasteiger partial charge in [0.15, 0.2) is 0 Å². The monoisotopic (exact) mass is 282 g/mol.